The number of nitrogens with zero attached hydrogens (tertiary/aromatic N) is 3. The summed E-state index contributed by atoms with van der Waals surface area (Å²) in [5, 5.41) is 3.13. The smallest absolute Gasteiger partial charge is 0.246 e. The van der Waals surface area contributed by atoms with Crippen molar-refractivity contribution in [1.82, 2.24) is 14.7 Å². The van der Waals surface area contributed by atoms with E-state index in [2.05, 4.69) is 21.2 Å². The number of carbonyl (C=O) groups excluding carboxylic acids is 2. The van der Waals surface area contributed by atoms with Crippen molar-refractivity contribution in [3.8, 4) is 0 Å². The minimum absolute atomic E-state index is 0.0423. The van der Waals surface area contributed by atoms with Gasteiger partial charge in [0.05, 0.1) is 19.8 Å². The van der Waals surface area contributed by atoms with Gasteiger partial charge in [-0.3, -0.25) is 19.4 Å². The van der Waals surface area contributed by atoms with Gasteiger partial charge < -0.3 is 15.0 Å². The summed E-state index contributed by atoms with van der Waals surface area (Å²) in [7, 11) is 0. The fourth-order valence-electron chi connectivity index (χ4n) is 4.70. The average Bonchev–Trinajstić information content (AvgIpc) is 2.80. The zero-order chi connectivity index (χ0) is 23.2. The molecular formula is C26H34N4O3. The van der Waals surface area contributed by atoms with Crippen LogP contribution in [0.1, 0.15) is 22.7 Å². The van der Waals surface area contributed by atoms with Crippen LogP contribution in [0.3, 0.4) is 0 Å². The summed E-state index contributed by atoms with van der Waals surface area (Å²) in [5.74, 6) is 0.117. The molecule has 0 spiro atoms. The fourth-order valence-corrected chi connectivity index (χ4v) is 4.70. The van der Waals surface area contributed by atoms with Gasteiger partial charge in [0, 0.05) is 45.0 Å². The fraction of sp³-hybridized carbons (Fsp3) is 0.462. The second-order valence-corrected chi connectivity index (χ2v) is 8.98. The number of carbonyl (C=O) groups is 2. The monoisotopic (exact) mass is 450 g/mol. The highest BCUT2D eigenvalue weighted by molar-refractivity contribution is 5.95. The lowest BCUT2D eigenvalue weighted by Gasteiger charge is -2.39. The largest absolute Gasteiger partial charge is 0.379 e. The Kier molecular flexibility index (Phi) is 7.75. The third-order valence-corrected chi connectivity index (χ3v) is 6.35. The Labute approximate surface area is 196 Å². The molecule has 2 aliphatic rings. The van der Waals surface area contributed by atoms with E-state index in [1.54, 1.807) is 0 Å². The van der Waals surface area contributed by atoms with Crippen LogP contribution in [0.15, 0.2) is 48.5 Å². The molecule has 2 fully saturated rings. The van der Waals surface area contributed by atoms with Gasteiger partial charge in [0.1, 0.15) is 6.04 Å². The van der Waals surface area contributed by atoms with Gasteiger partial charge in [0.2, 0.25) is 11.8 Å². The molecule has 176 valence electrons. The van der Waals surface area contributed by atoms with Crippen molar-refractivity contribution in [2.45, 2.75) is 19.9 Å². The second-order valence-electron chi connectivity index (χ2n) is 8.98. The van der Waals surface area contributed by atoms with Crippen LogP contribution in [0.2, 0.25) is 0 Å². The Balaban J connectivity index is 1.42. The number of benzene rings is 2. The summed E-state index contributed by atoms with van der Waals surface area (Å²) in [6.07, 6.45) is 0. The van der Waals surface area contributed by atoms with Crippen molar-refractivity contribution in [3.63, 3.8) is 0 Å². The molecule has 0 saturated carbocycles. The van der Waals surface area contributed by atoms with E-state index in [9.17, 15) is 9.59 Å². The molecule has 7 heteroatoms. The van der Waals surface area contributed by atoms with E-state index in [1.807, 2.05) is 61.2 Å². The number of hydrogen-bond acceptors (Lipinski definition) is 5. The summed E-state index contributed by atoms with van der Waals surface area (Å²) in [4.78, 5) is 32.5. The van der Waals surface area contributed by atoms with Crippen LogP contribution in [0.5, 0.6) is 0 Å². The number of ether oxygens (including phenoxy) is 1. The number of nitrogens with one attached hydrogen (secondary N) is 1. The minimum atomic E-state index is -0.400. The maximum atomic E-state index is 13.5. The Morgan fingerprint density at radius 3 is 2.18 bits per heavy atom. The molecule has 2 aromatic carbocycles. The maximum absolute atomic E-state index is 13.5. The van der Waals surface area contributed by atoms with Gasteiger partial charge in [-0.25, -0.2) is 0 Å². The van der Waals surface area contributed by atoms with E-state index in [0.717, 1.165) is 35.5 Å². The molecule has 2 aliphatic heterocycles. The lowest BCUT2D eigenvalue weighted by Crippen LogP contribution is -2.54. The quantitative estimate of drug-likeness (QED) is 0.733. The summed E-state index contributed by atoms with van der Waals surface area (Å²) in [6, 6.07) is 15.6. The molecule has 1 unspecified atom stereocenters. The van der Waals surface area contributed by atoms with Crippen LogP contribution in [-0.2, 0) is 14.3 Å². The van der Waals surface area contributed by atoms with Gasteiger partial charge in [-0.1, -0.05) is 36.4 Å². The summed E-state index contributed by atoms with van der Waals surface area (Å²) < 4.78 is 5.38. The van der Waals surface area contributed by atoms with Crippen LogP contribution in [0.4, 0.5) is 5.69 Å². The molecule has 0 radical (unpaired) electrons. The van der Waals surface area contributed by atoms with Crippen LogP contribution in [0, 0.1) is 13.8 Å². The van der Waals surface area contributed by atoms with E-state index < -0.39 is 6.04 Å². The summed E-state index contributed by atoms with van der Waals surface area (Å²) in [6.45, 7) is 10.1. The number of hydrogen-bond donors (Lipinski definition) is 1. The Morgan fingerprint density at radius 1 is 0.909 bits per heavy atom. The first kappa shape index (κ1) is 23.4. The summed E-state index contributed by atoms with van der Waals surface area (Å²) >= 11 is 0. The number of rotatable bonds is 6. The predicted octanol–water partition coefficient (Wildman–Crippen LogP) is 2.46. The maximum Gasteiger partial charge on any atom is 0.246 e. The first-order valence-corrected chi connectivity index (χ1v) is 11.8. The van der Waals surface area contributed by atoms with Gasteiger partial charge in [-0.05, 0) is 42.7 Å². The molecular weight excluding hydrogens is 416 g/mol. The highest BCUT2D eigenvalue weighted by atomic mass is 16.5. The summed E-state index contributed by atoms with van der Waals surface area (Å²) in [5.41, 5.74) is 4.02. The number of aryl methyl sites for hydroxylation is 2. The van der Waals surface area contributed by atoms with Crippen LogP contribution in [-0.4, -0.2) is 85.5 Å². The highest BCUT2D eigenvalue weighted by Gasteiger charge is 2.32. The van der Waals surface area contributed by atoms with E-state index in [-0.39, 0.29) is 11.8 Å². The van der Waals surface area contributed by atoms with Crippen LogP contribution < -0.4 is 5.32 Å². The topological polar surface area (TPSA) is 65.1 Å². The van der Waals surface area contributed by atoms with Crippen molar-refractivity contribution in [2.75, 3.05) is 64.3 Å². The Hall–Kier alpha value is -2.74. The second kappa shape index (κ2) is 10.9. The minimum Gasteiger partial charge on any atom is -0.379 e. The Morgan fingerprint density at radius 2 is 1.55 bits per heavy atom. The molecule has 33 heavy (non-hydrogen) atoms. The first-order valence-electron chi connectivity index (χ1n) is 11.8. The Bertz CT molecular complexity index is 931. The predicted molar refractivity (Wildman–Crippen MR) is 129 cm³/mol. The van der Waals surface area contributed by atoms with Gasteiger partial charge in [0.15, 0.2) is 0 Å². The van der Waals surface area contributed by atoms with Gasteiger partial charge in [-0.15, -0.1) is 0 Å². The molecule has 7 nitrogen and oxygen atoms in total. The molecule has 2 saturated heterocycles. The van der Waals surface area contributed by atoms with Crippen molar-refractivity contribution < 1.29 is 14.3 Å². The number of amides is 2. The van der Waals surface area contributed by atoms with E-state index in [1.165, 1.54) is 0 Å². The van der Waals surface area contributed by atoms with Crippen LogP contribution >= 0.6 is 0 Å². The first-order chi connectivity index (χ1) is 16.0. The van der Waals surface area contributed by atoms with Crippen molar-refractivity contribution in [3.05, 3.63) is 65.2 Å². The molecule has 0 aromatic heterocycles. The molecule has 0 bridgehead atoms. The third kappa shape index (κ3) is 6.19. The van der Waals surface area contributed by atoms with Crippen molar-refractivity contribution in [1.29, 1.82) is 0 Å². The molecule has 2 amide bonds. The lowest BCUT2D eigenvalue weighted by molar-refractivity contribution is -0.136. The SMILES string of the molecule is Cc1cc(C)cc(NC(=O)C(c2ccccc2)N2CCN(C(=O)CN3CCOCC3)CC2)c1. The number of piperazine rings is 1. The number of morpholine rings is 1. The molecule has 2 heterocycles. The molecule has 1 N–H and O–H groups in total. The van der Waals surface area contributed by atoms with Crippen molar-refractivity contribution in [2.24, 2.45) is 0 Å². The van der Waals surface area contributed by atoms with E-state index in [0.29, 0.717) is 45.9 Å². The number of anilines is 1. The molecule has 4 rings (SSSR count). The zero-order valence-corrected chi connectivity index (χ0v) is 19.6. The lowest BCUT2D eigenvalue weighted by atomic mass is 10.0. The van der Waals surface area contributed by atoms with Gasteiger partial charge in [-0.2, -0.15) is 0 Å². The molecule has 1 atom stereocenters. The van der Waals surface area contributed by atoms with Crippen molar-refractivity contribution >= 4 is 17.5 Å². The standard InChI is InChI=1S/C26H34N4O3/c1-20-16-21(2)18-23(17-20)27-26(32)25(22-6-4-3-5-7-22)30-10-8-29(9-11-30)24(31)19-28-12-14-33-15-13-28/h3-7,16-18,25H,8-15,19H2,1-2H3,(H,27,32). The van der Waals surface area contributed by atoms with E-state index >= 15 is 0 Å². The van der Waals surface area contributed by atoms with Gasteiger partial charge >= 0.3 is 0 Å². The zero-order valence-electron chi connectivity index (χ0n) is 19.6. The average molecular weight is 451 g/mol. The molecule has 0 aliphatic carbocycles. The highest BCUT2D eigenvalue weighted by Crippen LogP contribution is 2.25. The van der Waals surface area contributed by atoms with Gasteiger partial charge in [0.25, 0.3) is 0 Å². The third-order valence-electron chi connectivity index (χ3n) is 6.35. The van der Waals surface area contributed by atoms with E-state index in [4.69, 9.17) is 4.74 Å². The normalized spacial score (nSPS) is 18.7. The molecule has 2 aromatic rings. The van der Waals surface area contributed by atoms with Crippen LogP contribution in [0.25, 0.3) is 0 Å².